The summed E-state index contributed by atoms with van der Waals surface area (Å²) < 4.78 is 35.2. The van der Waals surface area contributed by atoms with Crippen molar-refractivity contribution in [3.63, 3.8) is 0 Å². The van der Waals surface area contributed by atoms with Gasteiger partial charge in [-0.15, -0.1) is 6.42 Å². The Kier molecular flexibility index (Phi) is 6.21. The summed E-state index contributed by atoms with van der Waals surface area (Å²) in [5.41, 5.74) is 0.985. The van der Waals surface area contributed by atoms with Crippen LogP contribution in [0.3, 0.4) is 0 Å². The van der Waals surface area contributed by atoms with Crippen LogP contribution in [0.5, 0.6) is 0 Å². The summed E-state index contributed by atoms with van der Waals surface area (Å²) in [5.74, 6) is 3.30. The van der Waals surface area contributed by atoms with Crippen LogP contribution in [0.1, 0.15) is 11.3 Å². The van der Waals surface area contributed by atoms with E-state index in [0.717, 1.165) is 11.3 Å². The lowest BCUT2D eigenvalue weighted by Gasteiger charge is -2.25. The van der Waals surface area contributed by atoms with Crippen molar-refractivity contribution in [1.29, 1.82) is 0 Å². The van der Waals surface area contributed by atoms with Crippen LogP contribution in [0.15, 0.2) is 52.0 Å². The van der Waals surface area contributed by atoms with Gasteiger partial charge in [0.2, 0.25) is 0 Å². The van der Waals surface area contributed by atoms with E-state index in [-0.39, 0.29) is 17.5 Å². The second kappa shape index (κ2) is 8.15. The van der Waals surface area contributed by atoms with E-state index in [1.54, 1.807) is 24.5 Å². The molecule has 0 saturated carbocycles. The predicted molar refractivity (Wildman–Crippen MR) is 92.0 cm³/mol. The number of terminal acetylenes is 1. The van der Waals surface area contributed by atoms with E-state index in [1.165, 1.54) is 12.1 Å². The van der Waals surface area contributed by atoms with E-state index in [1.807, 2.05) is 24.9 Å². The Balaban J connectivity index is 2.08. The molecule has 1 atom stereocenters. The second-order valence-corrected chi connectivity index (χ2v) is 7.22. The maximum absolute atomic E-state index is 12.3. The van der Waals surface area contributed by atoms with E-state index >= 15 is 0 Å². The van der Waals surface area contributed by atoms with Gasteiger partial charge in [-0.05, 0) is 38.2 Å². The molecule has 0 aliphatic rings. The van der Waals surface area contributed by atoms with Crippen LogP contribution in [0.25, 0.3) is 0 Å². The van der Waals surface area contributed by atoms with Gasteiger partial charge in [0.25, 0.3) is 10.1 Å². The standard InChI is InChI=1S/C18H21NO4S/c1-4-11-19(3)16(13-17-6-5-12-22-17)14-23-24(20,21)18-9-7-15(2)8-10-18/h1,5-10,12,16H,11,13-14H2,2-3H3/t16-/m0/s1. The van der Waals surface area contributed by atoms with Crippen LogP contribution in [0.2, 0.25) is 0 Å². The van der Waals surface area contributed by atoms with Crippen molar-refractivity contribution in [1.82, 2.24) is 4.90 Å². The molecule has 1 aromatic heterocycles. The van der Waals surface area contributed by atoms with E-state index in [2.05, 4.69) is 5.92 Å². The number of likely N-dealkylation sites (N-methyl/N-ethyl adjacent to an activating group) is 1. The lowest BCUT2D eigenvalue weighted by Crippen LogP contribution is -2.38. The number of hydrogen-bond acceptors (Lipinski definition) is 5. The van der Waals surface area contributed by atoms with Crippen LogP contribution in [0.4, 0.5) is 0 Å². The van der Waals surface area contributed by atoms with Gasteiger partial charge in [-0.1, -0.05) is 23.6 Å². The molecule has 0 fully saturated rings. The first-order chi connectivity index (χ1) is 11.4. The van der Waals surface area contributed by atoms with Gasteiger partial charge in [-0.2, -0.15) is 8.42 Å². The maximum atomic E-state index is 12.3. The zero-order chi connectivity index (χ0) is 17.6. The molecule has 0 bridgehead atoms. The minimum absolute atomic E-state index is 0.00487. The molecular formula is C18H21NO4S. The molecule has 0 spiro atoms. The molecule has 2 rings (SSSR count). The van der Waals surface area contributed by atoms with Crippen molar-refractivity contribution in [3.8, 4) is 12.3 Å². The molecule has 128 valence electrons. The van der Waals surface area contributed by atoms with Crippen molar-refractivity contribution in [2.45, 2.75) is 24.3 Å². The van der Waals surface area contributed by atoms with E-state index in [4.69, 9.17) is 15.0 Å². The van der Waals surface area contributed by atoms with E-state index < -0.39 is 10.1 Å². The number of hydrogen-bond donors (Lipinski definition) is 0. The summed E-state index contributed by atoms with van der Waals surface area (Å²) >= 11 is 0. The summed E-state index contributed by atoms with van der Waals surface area (Å²) in [6.45, 7) is 2.28. The summed E-state index contributed by atoms with van der Waals surface area (Å²) in [6, 6.07) is 9.96. The molecule has 0 radical (unpaired) electrons. The molecule has 0 aliphatic heterocycles. The minimum Gasteiger partial charge on any atom is -0.469 e. The average Bonchev–Trinajstić information content (AvgIpc) is 3.05. The van der Waals surface area contributed by atoms with Crippen LogP contribution < -0.4 is 0 Å². The molecule has 1 aromatic carbocycles. The first kappa shape index (κ1) is 18.3. The fourth-order valence-corrected chi connectivity index (χ4v) is 3.16. The van der Waals surface area contributed by atoms with Gasteiger partial charge in [-0.3, -0.25) is 9.08 Å². The third-order valence-corrected chi connectivity index (χ3v) is 5.00. The van der Waals surface area contributed by atoms with E-state index in [0.29, 0.717) is 13.0 Å². The highest BCUT2D eigenvalue weighted by atomic mass is 32.2. The smallest absolute Gasteiger partial charge is 0.297 e. The Morgan fingerprint density at radius 2 is 2.00 bits per heavy atom. The maximum Gasteiger partial charge on any atom is 0.297 e. The van der Waals surface area contributed by atoms with Gasteiger partial charge in [0, 0.05) is 12.5 Å². The van der Waals surface area contributed by atoms with Crippen LogP contribution in [-0.2, 0) is 20.7 Å². The molecule has 0 amide bonds. The Morgan fingerprint density at radius 1 is 1.29 bits per heavy atom. The third kappa shape index (κ3) is 4.96. The van der Waals surface area contributed by atoms with Gasteiger partial charge in [-0.25, -0.2) is 0 Å². The molecule has 5 nitrogen and oxygen atoms in total. The zero-order valence-corrected chi connectivity index (χ0v) is 14.6. The van der Waals surface area contributed by atoms with Crippen LogP contribution >= 0.6 is 0 Å². The van der Waals surface area contributed by atoms with Gasteiger partial charge in [0.05, 0.1) is 24.3 Å². The number of nitrogens with zero attached hydrogens (tertiary/aromatic N) is 1. The van der Waals surface area contributed by atoms with Crippen molar-refractivity contribution in [2.24, 2.45) is 0 Å². The Hall–Kier alpha value is -2.07. The topological polar surface area (TPSA) is 59.8 Å². The molecule has 0 aliphatic carbocycles. The Labute approximate surface area is 143 Å². The van der Waals surface area contributed by atoms with Crippen LogP contribution in [-0.4, -0.2) is 39.6 Å². The van der Waals surface area contributed by atoms with E-state index in [9.17, 15) is 8.42 Å². The lowest BCUT2D eigenvalue weighted by molar-refractivity contribution is 0.172. The van der Waals surface area contributed by atoms with Crippen LogP contribution in [0, 0.1) is 19.3 Å². The SMILES string of the molecule is C#CCN(C)[C@H](COS(=O)(=O)c1ccc(C)cc1)Cc1ccco1. The number of furan rings is 1. The van der Waals surface area contributed by atoms with Gasteiger partial charge < -0.3 is 4.42 Å². The van der Waals surface area contributed by atoms with Gasteiger partial charge >= 0.3 is 0 Å². The fourth-order valence-electron chi connectivity index (χ4n) is 2.22. The highest BCUT2D eigenvalue weighted by molar-refractivity contribution is 7.86. The Bertz CT molecular complexity index is 773. The quantitative estimate of drug-likeness (QED) is 0.542. The summed E-state index contributed by atoms with van der Waals surface area (Å²) in [5, 5.41) is 0. The fraction of sp³-hybridized carbons (Fsp3) is 0.333. The third-order valence-electron chi connectivity index (χ3n) is 3.71. The summed E-state index contributed by atoms with van der Waals surface area (Å²) in [7, 11) is -1.98. The van der Waals surface area contributed by atoms with Crippen molar-refractivity contribution in [3.05, 3.63) is 54.0 Å². The minimum atomic E-state index is -3.81. The summed E-state index contributed by atoms with van der Waals surface area (Å²) in [4.78, 5) is 2.01. The summed E-state index contributed by atoms with van der Waals surface area (Å²) in [6.07, 6.45) is 7.44. The molecule has 2 aromatic rings. The number of benzene rings is 1. The first-order valence-corrected chi connectivity index (χ1v) is 8.95. The molecule has 0 unspecified atom stereocenters. The predicted octanol–water partition coefficient (Wildman–Crippen LogP) is 2.47. The Morgan fingerprint density at radius 3 is 2.58 bits per heavy atom. The van der Waals surface area contributed by atoms with Gasteiger partial charge in [0.1, 0.15) is 5.76 Å². The molecule has 1 heterocycles. The molecule has 24 heavy (non-hydrogen) atoms. The van der Waals surface area contributed by atoms with Gasteiger partial charge in [0.15, 0.2) is 0 Å². The molecule has 0 saturated heterocycles. The molecule has 0 N–H and O–H groups in total. The molecule has 6 heteroatoms. The first-order valence-electron chi connectivity index (χ1n) is 7.54. The lowest BCUT2D eigenvalue weighted by atomic mass is 10.1. The highest BCUT2D eigenvalue weighted by Crippen LogP contribution is 2.16. The molecular weight excluding hydrogens is 326 g/mol. The highest BCUT2D eigenvalue weighted by Gasteiger charge is 2.22. The number of rotatable bonds is 8. The van der Waals surface area contributed by atoms with Crippen molar-refractivity contribution < 1.29 is 17.0 Å². The zero-order valence-electron chi connectivity index (χ0n) is 13.8. The average molecular weight is 347 g/mol. The van der Waals surface area contributed by atoms with Crippen molar-refractivity contribution >= 4 is 10.1 Å². The largest absolute Gasteiger partial charge is 0.469 e. The number of aryl methyl sites for hydroxylation is 1. The monoisotopic (exact) mass is 347 g/mol. The normalized spacial score (nSPS) is 12.9. The van der Waals surface area contributed by atoms with Crippen molar-refractivity contribution in [2.75, 3.05) is 20.2 Å². The second-order valence-electron chi connectivity index (χ2n) is 5.61.